The van der Waals surface area contributed by atoms with Crippen molar-refractivity contribution in [3.63, 3.8) is 0 Å². The molecule has 2 heterocycles. The monoisotopic (exact) mass is 262 g/mol. The van der Waals surface area contributed by atoms with Crippen LogP contribution in [-0.4, -0.2) is 21.1 Å². The van der Waals surface area contributed by atoms with Crippen LogP contribution in [0, 0.1) is 10.8 Å². The molecule has 0 aromatic carbocycles. The van der Waals surface area contributed by atoms with Crippen LogP contribution in [-0.2, 0) is 0 Å². The second-order valence-corrected chi connectivity index (χ2v) is 8.61. The summed E-state index contributed by atoms with van der Waals surface area (Å²) in [5.41, 5.74) is 2.31. The SMILES string of the molecule is CC1(C)CB(c2cnn(SC3CC3)c2)CC1(C)C. The lowest BCUT2D eigenvalue weighted by Gasteiger charge is -2.35. The largest absolute Gasteiger partial charge is 0.214 e. The number of aromatic nitrogens is 2. The quantitative estimate of drug-likeness (QED) is 0.778. The normalized spacial score (nSPS) is 25.7. The third kappa shape index (κ3) is 2.24. The predicted molar refractivity (Wildman–Crippen MR) is 80.8 cm³/mol. The van der Waals surface area contributed by atoms with Crippen LogP contribution in [0.15, 0.2) is 12.4 Å². The van der Waals surface area contributed by atoms with Crippen LogP contribution in [0.1, 0.15) is 40.5 Å². The fourth-order valence-electron chi connectivity index (χ4n) is 3.00. The zero-order chi connectivity index (χ0) is 13.0. The smallest absolute Gasteiger partial charge is 0.181 e. The minimum absolute atomic E-state index is 0.434. The molecule has 1 saturated heterocycles. The van der Waals surface area contributed by atoms with Gasteiger partial charge in [0.1, 0.15) is 0 Å². The number of hydrogen-bond donors (Lipinski definition) is 0. The van der Waals surface area contributed by atoms with E-state index < -0.39 is 0 Å². The molecule has 2 nitrogen and oxygen atoms in total. The number of rotatable bonds is 3. The molecular weight excluding hydrogens is 239 g/mol. The van der Waals surface area contributed by atoms with E-state index in [0.717, 1.165) is 5.25 Å². The zero-order valence-corrected chi connectivity index (χ0v) is 12.8. The van der Waals surface area contributed by atoms with Gasteiger partial charge >= 0.3 is 0 Å². The van der Waals surface area contributed by atoms with Crippen LogP contribution in [0.5, 0.6) is 0 Å². The van der Waals surface area contributed by atoms with Crippen molar-refractivity contribution in [2.45, 2.75) is 58.4 Å². The Morgan fingerprint density at radius 2 is 1.83 bits per heavy atom. The molecule has 2 aliphatic rings. The van der Waals surface area contributed by atoms with Gasteiger partial charge in [-0.1, -0.05) is 40.3 Å². The molecule has 1 aromatic rings. The molecule has 0 N–H and O–H groups in total. The van der Waals surface area contributed by atoms with Crippen molar-refractivity contribution in [3.8, 4) is 0 Å². The van der Waals surface area contributed by atoms with E-state index >= 15 is 0 Å². The molecule has 4 heteroatoms. The Balaban J connectivity index is 1.73. The fraction of sp³-hybridized carbons (Fsp3) is 0.786. The lowest BCUT2D eigenvalue weighted by molar-refractivity contribution is 0.177. The standard InChI is InChI=1S/C14H23BN2S/c1-13(2)9-15(10-14(13,3)4)11-7-16-17(8-11)18-12-5-6-12/h7-8,12H,5-6,9-10H2,1-4H3. The van der Waals surface area contributed by atoms with Gasteiger partial charge in [-0.25, -0.2) is 4.09 Å². The number of hydrogen-bond acceptors (Lipinski definition) is 2. The van der Waals surface area contributed by atoms with E-state index in [1.165, 1.54) is 30.9 Å². The zero-order valence-electron chi connectivity index (χ0n) is 11.9. The Kier molecular flexibility index (Phi) is 2.85. The first kappa shape index (κ1) is 12.6. The Hall–Kier alpha value is -0.375. The molecule has 1 saturated carbocycles. The van der Waals surface area contributed by atoms with Crippen LogP contribution in [0.25, 0.3) is 0 Å². The Morgan fingerprint density at radius 1 is 1.22 bits per heavy atom. The lowest BCUT2D eigenvalue weighted by Crippen LogP contribution is -2.26. The summed E-state index contributed by atoms with van der Waals surface area (Å²) < 4.78 is 2.09. The molecular formula is C14H23BN2S. The van der Waals surface area contributed by atoms with Crippen LogP contribution in [0.2, 0.25) is 12.6 Å². The van der Waals surface area contributed by atoms with Gasteiger partial charge in [0.05, 0.1) is 0 Å². The molecule has 98 valence electrons. The van der Waals surface area contributed by atoms with Crippen LogP contribution in [0.4, 0.5) is 0 Å². The second-order valence-electron chi connectivity index (χ2n) is 7.35. The Morgan fingerprint density at radius 3 is 2.39 bits per heavy atom. The van der Waals surface area contributed by atoms with Crippen molar-refractivity contribution in [1.82, 2.24) is 9.19 Å². The molecule has 1 aromatic heterocycles. The van der Waals surface area contributed by atoms with Gasteiger partial charge in [0.15, 0.2) is 6.71 Å². The summed E-state index contributed by atoms with van der Waals surface area (Å²) in [5, 5.41) is 5.34. The van der Waals surface area contributed by atoms with Crippen molar-refractivity contribution in [2.75, 3.05) is 0 Å². The summed E-state index contributed by atoms with van der Waals surface area (Å²) in [5.74, 6) is 0. The molecule has 0 bridgehead atoms. The van der Waals surface area contributed by atoms with Gasteiger partial charge in [-0.2, -0.15) is 5.10 Å². The van der Waals surface area contributed by atoms with E-state index in [9.17, 15) is 0 Å². The molecule has 0 amide bonds. The molecule has 0 atom stereocenters. The average Bonchev–Trinajstić information content (AvgIpc) is 2.86. The topological polar surface area (TPSA) is 17.8 Å². The molecule has 3 rings (SSSR count). The Bertz CT molecular complexity index is 432. The molecule has 2 fully saturated rings. The van der Waals surface area contributed by atoms with Crippen molar-refractivity contribution in [3.05, 3.63) is 12.4 Å². The molecule has 1 aliphatic carbocycles. The lowest BCUT2D eigenvalue weighted by atomic mass is 9.43. The van der Waals surface area contributed by atoms with E-state index in [2.05, 4.69) is 49.3 Å². The predicted octanol–water partition coefficient (Wildman–Crippen LogP) is 3.31. The van der Waals surface area contributed by atoms with E-state index in [0.29, 0.717) is 17.5 Å². The third-order valence-electron chi connectivity index (χ3n) is 5.18. The maximum atomic E-state index is 4.52. The first-order chi connectivity index (χ1) is 8.37. The van der Waals surface area contributed by atoms with Crippen molar-refractivity contribution < 1.29 is 0 Å². The van der Waals surface area contributed by atoms with Gasteiger partial charge in [-0.3, -0.25) is 0 Å². The highest BCUT2D eigenvalue weighted by Gasteiger charge is 2.48. The average molecular weight is 262 g/mol. The molecule has 0 unspecified atom stereocenters. The summed E-state index contributed by atoms with van der Waals surface area (Å²) in [6, 6.07) is 0. The highest BCUT2D eigenvalue weighted by molar-refractivity contribution is 7.98. The minimum Gasteiger partial charge on any atom is -0.214 e. The van der Waals surface area contributed by atoms with Gasteiger partial charge in [0.2, 0.25) is 0 Å². The first-order valence-electron chi connectivity index (χ1n) is 7.09. The van der Waals surface area contributed by atoms with Crippen LogP contribution < -0.4 is 5.46 Å². The summed E-state index contributed by atoms with van der Waals surface area (Å²) in [6.45, 7) is 10.3. The summed E-state index contributed by atoms with van der Waals surface area (Å²) in [4.78, 5) is 0. The summed E-state index contributed by atoms with van der Waals surface area (Å²) in [6.07, 6.45) is 9.68. The fourth-order valence-corrected chi connectivity index (χ4v) is 3.94. The van der Waals surface area contributed by atoms with E-state index in [4.69, 9.17) is 0 Å². The van der Waals surface area contributed by atoms with Gasteiger partial charge in [-0.05, 0) is 41.1 Å². The minimum atomic E-state index is 0.434. The Labute approximate surface area is 115 Å². The van der Waals surface area contributed by atoms with Crippen molar-refractivity contribution in [1.29, 1.82) is 0 Å². The molecule has 1 aliphatic heterocycles. The van der Waals surface area contributed by atoms with E-state index in [-0.39, 0.29) is 0 Å². The molecule has 18 heavy (non-hydrogen) atoms. The van der Waals surface area contributed by atoms with Gasteiger partial charge in [0, 0.05) is 17.6 Å². The van der Waals surface area contributed by atoms with E-state index in [1.807, 2.05) is 11.9 Å². The number of nitrogens with zero attached hydrogens (tertiary/aromatic N) is 2. The highest BCUT2D eigenvalue weighted by Crippen LogP contribution is 2.52. The summed E-state index contributed by atoms with van der Waals surface area (Å²) >= 11 is 1.89. The van der Waals surface area contributed by atoms with Crippen LogP contribution in [0.3, 0.4) is 0 Å². The van der Waals surface area contributed by atoms with Crippen LogP contribution >= 0.6 is 11.9 Å². The third-order valence-corrected chi connectivity index (χ3v) is 6.36. The van der Waals surface area contributed by atoms with Gasteiger partial charge in [0.25, 0.3) is 0 Å². The molecule has 0 radical (unpaired) electrons. The van der Waals surface area contributed by atoms with Gasteiger partial charge < -0.3 is 0 Å². The maximum Gasteiger partial charge on any atom is 0.181 e. The van der Waals surface area contributed by atoms with Crippen molar-refractivity contribution >= 4 is 24.1 Å². The summed E-state index contributed by atoms with van der Waals surface area (Å²) in [7, 11) is 0. The second kappa shape index (κ2) is 4.06. The van der Waals surface area contributed by atoms with E-state index in [1.54, 1.807) is 0 Å². The van der Waals surface area contributed by atoms with Gasteiger partial charge in [-0.15, -0.1) is 0 Å². The first-order valence-corrected chi connectivity index (χ1v) is 7.93. The molecule has 0 spiro atoms. The van der Waals surface area contributed by atoms with Crippen molar-refractivity contribution in [2.24, 2.45) is 10.8 Å². The maximum absolute atomic E-state index is 4.52. The highest BCUT2D eigenvalue weighted by atomic mass is 32.2.